The summed E-state index contributed by atoms with van der Waals surface area (Å²) in [5, 5.41) is 46.1. The van der Waals surface area contributed by atoms with Crippen LogP contribution in [0.2, 0.25) is 0 Å². The molecule has 1 aromatic carbocycles. The molecule has 0 saturated carbocycles. The SMILES string of the molecule is CCCCn1c(O)c(N=Nc2ccc(S(=O)(=O)N(CCO)CCO)cc2)c(C)c(C#N)c1=O. The average molecular weight is 478 g/mol. The van der Waals surface area contributed by atoms with Gasteiger partial charge in [0.05, 0.1) is 23.8 Å². The lowest BCUT2D eigenvalue weighted by Crippen LogP contribution is -2.35. The standard InChI is InChI=1S/C21H27N5O6S/c1-3-4-9-26-20(29)18(14-22)15(2)19(21(26)30)24-23-16-5-7-17(8-6-16)33(31,32)25(10-12-27)11-13-28/h5-8,27-28,30H,3-4,9-13H2,1-2H3. The largest absolute Gasteiger partial charge is 0.493 e. The lowest BCUT2D eigenvalue weighted by atomic mass is 10.1. The summed E-state index contributed by atoms with van der Waals surface area (Å²) in [6.07, 6.45) is 1.40. The zero-order valence-electron chi connectivity index (χ0n) is 18.5. The monoisotopic (exact) mass is 477 g/mol. The van der Waals surface area contributed by atoms with Crippen LogP contribution in [0.3, 0.4) is 0 Å². The highest BCUT2D eigenvalue weighted by Gasteiger charge is 2.23. The van der Waals surface area contributed by atoms with Crippen LogP contribution in [0.1, 0.15) is 30.9 Å². The Bertz CT molecular complexity index is 1190. The summed E-state index contributed by atoms with van der Waals surface area (Å²) in [6.45, 7) is 2.56. The van der Waals surface area contributed by atoms with Crippen molar-refractivity contribution in [1.82, 2.24) is 8.87 Å². The smallest absolute Gasteiger partial charge is 0.271 e. The number of aromatic hydroxyl groups is 1. The molecular formula is C21H27N5O6S. The van der Waals surface area contributed by atoms with Crippen LogP contribution in [0.5, 0.6) is 5.88 Å². The fourth-order valence-electron chi connectivity index (χ4n) is 3.10. The van der Waals surface area contributed by atoms with Gasteiger partial charge in [0.15, 0.2) is 5.69 Å². The van der Waals surface area contributed by atoms with Crippen LogP contribution in [-0.4, -0.2) is 58.9 Å². The van der Waals surface area contributed by atoms with Crippen molar-refractivity contribution < 1.29 is 23.7 Å². The highest BCUT2D eigenvalue weighted by atomic mass is 32.2. The van der Waals surface area contributed by atoms with Crippen LogP contribution < -0.4 is 5.56 Å². The number of hydrogen-bond acceptors (Lipinski definition) is 9. The number of azo groups is 1. The summed E-state index contributed by atoms with van der Waals surface area (Å²) in [5.74, 6) is -0.392. The van der Waals surface area contributed by atoms with Crippen molar-refractivity contribution in [3.05, 3.63) is 45.7 Å². The van der Waals surface area contributed by atoms with E-state index >= 15 is 0 Å². The maximum Gasteiger partial charge on any atom is 0.271 e. The number of hydrogen-bond donors (Lipinski definition) is 3. The summed E-state index contributed by atoms with van der Waals surface area (Å²) in [7, 11) is -3.92. The van der Waals surface area contributed by atoms with E-state index in [-0.39, 0.29) is 60.2 Å². The van der Waals surface area contributed by atoms with E-state index in [9.17, 15) is 23.6 Å². The van der Waals surface area contributed by atoms with Gasteiger partial charge in [-0.15, -0.1) is 5.11 Å². The fourth-order valence-corrected chi connectivity index (χ4v) is 4.52. The van der Waals surface area contributed by atoms with Crippen molar-refractivity contribution in [2.45, 2.75) is 38.1 Å². The minimum absolute atomic E-state index is 0.0176. The summed E-state index contributed by atoms with van der Waals surface area (Å²) in [4.78, 5) is 12.4. The van der Waals surface area contributed by atoms with Crippen LogP contribution in [0, 0.1) is 18.3 Å². The normalized spacial score (nSPS) is 11.9. The van der Waals surface area contributed by atoms with E-state index in [1.54, 1.807) is 0 Å². The van der Waals surface area contributed by atoms with Gasteiger partial charge in [-0.2, -0.15) is 14.7 Å². The third-order valence-corrected chi connectivity index (χ3v) is 6.86. The van der Waals surface area contributed by atoms with E-state index in [0.29, 0.717) is 6.42 Å². The number of aromatic nitrogens is 1. The van der Waals surface area contributed by atoms with Crippen LogP contribution in [0.4, 0.5) is 11.4 Å². The molecule has 0 saturated heterocycles. The molecule has 1 heterocycles. The van der Waals surface area contributed by atoms with Crippen molar-refractivity contribution in [3.63, 3.8) is 0 Å². The van der Waals surface area contributed by atoms with Gasteiger partial charge >= 0.3 is 0 Å². The second-order valence-electron chi connectivity index (χ2n) is 7.14. The molecule has 0 aliphatic carbocycles. The number of aliphatic hydroxyl groups is 2. The second kappa shape index (κ2) is 11.7. The molecule has 11 nitrogen and oxygen atoms in total. The number of benzene rings is 1. The molecule has 3 N–H and O–H groups in total. The quantitative estimate of drug-likeness (QED) is 0.415. The lowest BCUT2D eigenvalue weighted by Gasteiger charge is -2.20. The number of aliphatic hydroxyl groups excluding tert-OH is 2. The molecule has 0 fully saturated rings. The van der Waals surface area contributed by atoms with Gasteiger partial charge in [-0.3, -0.25) is 9.36 Å². The molecule has 178 valence electrons. The minimum atomic E-state index is -3.92. The Morgan fingerprint density at radius 3 is 2.24 bits per heavy atom. The Morgan fingerprint density at radius 2 is 1.73 bits per heavy atom. The number of sulfonamides is 1. The number of unbranched alkanes of at least 4 members (excludes halogenated alkanes) is 1. The van der Waals surface area contributed by atoms with E-state index in [2.05, 4.69) is 10.2 Å². The van der Waals surface area contributed by atoms with Gasteiger partial charge in [-0.1, -0.05) is 13.3 Å². The first-order chi connectivity index (χ1) is 15.7. The number of rotatable bonds is 11. The molecule has 0 radical (unpaired) electrons. The molecule has 33 heavy (non-hydrogen) atoms. The third kappa shape index (κ3) is 5.82. The molecule has 0 aliphatic rings. The molecule has 12 heteroatoms. The molecule has 0 atom stereocenters. The first-order valence-electron chi connectivity index (χ1n) is 10.3. The van der Waals surface area contributed by atoms with E-state index in [1.807, 2.05) is 13.0 Å². The van der Waals surface area contributed by atoms with E-state index in [4.69, 9.17) is 10.2 Å². The zero-order valence-corrected chi connectivity index (χ0v) is 19.3. The third-order valence-electron chi connectivity index (χ3n) is 4.94. The Balaban J connectivity index is 2.41. The van der Waals surface area contributed by atoms with Crippen molar-refractivity contribution in [2.24, 2.45) is 10.2 Å². The zero-order chi connectivity index (χ0) is 24.6. The number of pyridine rings is 1. The van der Waals surface area contributed by atoms with Crippen molar-refractivity contribution in [3.8, 4) is 11.9 Å². The Morgan fingerprint density at radius 1 is 1.12 bits per heavy atom. The summed E-state index contributed by atoms with van der Waals surface area (Å²) >= 11 is 0. The van der Waals surface area contributed by atoms with Crippen molar-refractivity contribution >= 4 is 21.4 Å². The number of nitriles is 1. The van der Waals surface area contributed by atoms with Crippen LogP contribution >= 0.6 is 0 Å². The number of nitrogens with zero attached hydrogens (tertiary/aromatic N) is 5. The first kappa shape index (κ1) is 26.1. The van der Waals surface area contributed by atoms with Gasteiger partial charge in [-0.05, 0) is 37.6 Å². The predicted octanol–water partition coefficient (Wildman–Crippen LogP) is 1.92. The topological polar surface area (TPSA) is 169 Å². The molecule has 0 spiro atoms. The maximum absolute atomic E-state index is 12.7. The Labute approximate surface area is 191 Å². The molecule has 0 amide bonds. The van der Waals surface area contributed by atoms with E-state index in [0.717, 1.165) is 15.3 Å². The maximum atomic E-state index is 12.7. The van der Waals surface area contributed by atoms with Gasteiger partial charge in [0, 0.05) is 25.2 Å². The molecule has 1 aromatic heterocycles. The van der Waals surface area contributed by atoms with Crippen molar-refractivity contribution in [2.75, 3.05) is 26.3 Å². The van der Waals surface area contributed by atoms with E-state index in [1.165, 1.54) is 31.2 Å². The highest BCUT2D eigenvalue weighted by molar-refractivity contribution is 7.89. The van der Waals surface area contributed by atoms with Crippen molar-refractivity contribution in [1.29, 1.82) is 5.26 Å². The van der Waals surface area contributed by atoms with Crippen LogP contribution in [-0.2, 0) is 16.6 Å². The Kier molecular flexibility index (Phi) is 9.24. The lowest BCUT2D eigenvalue weighted by molar-refractivity contribution is 0.217. The second-order valence-corrected chi connectivity index (χ2v) is 9.08. The molecule has 0 aliphatic heterocycles. The van der Waals surface area contributed by atoms with E-state index < -0.39 is 21.5 Å². The summed E-state index contributed by atoms with van der Waals surface area (Å²) in [5.41, 5.74) is -0.277. The van der Waals surface area contributed by atoms with Gasteiger partial charge in [-0.25, -0.2) is 8.42 Å². The predicted molar refractivity (Wildman–Crippen MR) is 120 cm³/mol. The molecule has 0 bridgehead atoms. The minimum Gasteiger partial charge on any atom is -0.493 e. The molecular weight excluding hydrogens is 450 g/mol. The van der Waals surface area contributed by atoms with Gasteiger partial charge < -0.3 is 15.3 Å². The van der Waals surface area contributed by atoms with Gasteiger partial charge in [0.2, 0.25) is 15.9 Å². The van der Waals surface area contributed by atoms with Crippen LogP contribution in [0.25, 0.3) is 0 Å². The molecule has 2 rings (SSSR count). The summed E-state index contributed by atoms with van der Waals surface area (Å²) in [6, 6.07) is 7.26. The molecule has 0 unspecified atom stereocenters. The van der Waals surface area contributed by atoms with Crippen LogP contribution in [0.15, 0.2) is 44.2 Å². The Hall–Kier alpha value is -3.11. The molecule has 2 aromatic rings. The summed E-state index contributed by atoms with van der Waals surface area (Å²) < 4.78 is 27.4. The average Bonchev–Trinajstić information content (AvgIpc) is 2.79. The highest BCUT2D eigenvalue weighted by Crippen LogP contribution is 2.32. The van der Waals surface area contributed by atoms with Gasteiger partial charge in [0.1, 0.15) is 11.6 Å². The fraction of sp³-hybridized carbons (Fsp3) is 0.429. The first-order valence-corrected chi connectivity index (χ1v) is 11.8. The van der Waals surface area contributed by atoms with Gasteiger partial charge in [0.25, 0.3) is 5.56 Å².